The number of nitrogens with zero attached hydrogens (tertiary/aromatic N) is 1. The summed E-state index contributed by atoms with van der Waals surface area (Å²) in [6.07, 6.45) is 0.363. The van der Waals surface area contributed by atoms with Gasteiger partial charge in [-0.1, -0.05) is 12.1 Å². The molecule has 4 nitrogen and oxygen atoms in total. The molecule has 1 aromatic heterocycles. The first kappa shape index (κ1) is 12.1. The molecule has 1 aromatic carbocycles. The first-order valence-electron chi connectivity index (χ1n) is 5.14. The predicted molar refractivity (Wildman–Crippen MR) is 67.1 cm³/mol. The van der Waals surface area contributed by atoms with Gasteiger partial charge in [-0.2, -0.15) is 5.26 Å². The first-order chi connectivity index (χ1) is 8.69. The Morgan fingerprint density at radius 2 is 2.06 bits per heavy atom. The fraction of sp³-hybridized carbons (Fsp3) is 0.0769. The van der Waals surface area contributed by atoms with Crippen molar-refractivity contribution in [1.82, 2.24) is 0 Å². The molecule has 0 saturated carbocycles. The molecule has 1 heterocycles. The molecule has 5 heteroatoms. The van der Waals surface area contributed by atoms with Gasteiger partial charge >= 0.3 is 5.97 Å². The van der Waals surface area contributed by atoms with Crippen LogP contribution in [0.25, 0.3) is 0 Å². The van der Waals surface area contributed by atoms with Crippen molar-refractivity contribution in [3.8, 4) is 17.6 Å². The third-order valence-electron chi connectivity index (χ3n) is 2.23. The highest BCUT2D eigenvalue weighted by Gasteiger charge is 2.08. The lowest BCUT2D eigenvalue weighted by molar-refractivity contribution is 0.0702. The summed E-state index contributed by atoms with van der Waals surface area (Å²) in [4.78, 5) is 10.9. The lowest BCUT2D eigenvalue weighted by Crippen LogP contribution is -1.90. The van der Waals surface area contributed by atoms with Crippen LogP contribution in [0.2, 0.25) is 0 Å². The second kappa shape index (κ2) is 5.34. The molecule has 2 rings (SSSR count). The van der Waals surface area contributed by atoms with Crippen LogP contribution in [0.15, 0.2) is 35.7 Å². The second-order valence-electron chi connectivity index (χ2n) is 3.53. The van der Waals surface area contributed by atoms with Crippen molar-refractivity contribution < 1.29 is 14.6 Å². The van der Waals surface area contributed by atoms with Gasteiger partial charge in [-0.05, 0) is 17.7 Å². The van der Waals surface area contributed by atoms with Crippen LogP contribution in [0.3, 0.4) is 0 Å². The molecule has 0 aliphatic heterocycles. The maximum absolute atomic E-state index is 10.7. The van der Waals surface area contributed by atoms with E-state index in [1.54, 1.807) is 17.5 Å². The van der Waals surface area contributed by atoms with Crippen LogP contribution in [0, 0.1) is 11.3 Å². The Hall–Kier alpha value is -2.32. The zero-order chi connectivity index (χ0) is 13.0. The molecule has 0 fully saturated rings. The minimum absolute atomic E-state index is 0.242. The van der Waals surface area contributed by atoms with Crippen molar-refractivity contribution in [3.05, 3.63) is 46.2 Å². The van der Waals surface area contributed by atoms with E-state index in [2.05, 4.69) is 6.07 Å². The number of aromatic carboxylic acids is 1. The zero-order valence-corrected chi connectivity index (χ0v) is 10.1. The van der Waals surface area contributed by atoms with E-state index in [1.807, 2.05) is 12.1 Å². The van der Waals surface area contributed by atoms with Gasteiger partial charge in [-0.15, -0.1) is 11.3 Å². The Labute approximate surface area is 108 Å². The van der Waals surface area contributed by atoms with Crippen LogP contribution >= 0.6 is 11.3 Å². The summed E-state index contributed by atoms with van der Waals surface area (Å²) in [6.45, 7) is 0. The quantitative estimate of drug-likeness (QED) is 0.914. The minimum Gasteiger partial charge on any atom is -0.477 e. The average Bonchev–Trinajstić information content (AvgIpc) is 2.81. The Morgan fingerprint density at radius 3 is 2.61 bits per heavy atom. The van der Waals surface area contributed by atoms with Crippen LogP contribution in [-0.4, -0.2) is 11.1 Å². The number of rotatable bonds is 4. The smallest absolute Gasteiger partial charge is 0.346 e. The number of thiophene rings is 1. The van der Waals surface area contributed by atoms with Crippen molar-refractivity contribution in [3.63, 3.8) is 0 Å². The highest BCUT2D eigenvalue weighted by Crippen LogP contribution is 2.27. The molecule has 1 N–H and O–H groups in total. The van der Waals surface area contributed by atoms with Gasteiger partial charge in [0, 0.05) is 11.4 Å². The molecular formula is C13H9NO3S. The van der Waals surface area contributed by atoms with Crippen LogP contribution in [0.1, 0.15) is 15.2 Å². The number of carboxylic acids is 1. The van der Waals surface area contributed by atoms with Gasteiger partial charge in [0.05, 0.1) is 12.5 Å². The molecule has 2 aromatic rings. The summed E-state index contributed by atoms with van der Waals surface area (Å²) in [6, 6.07) is 10.7. The van der Waals surface area contributed by atoms with E-state index in [0.717, 1.165) is 16.9 Å². The molecule has 0 spiro atoms. The highest BCUT2D eigenvalue weighted by molar-refractivity contribution is 7.12. The Balaban J connectivity index is 2.08. The van der Waals surface area contributed by atoms with Gasteiger partial charge in [0.1, 0.15) is 16.4 Å². The largest absolute Gasteiger partial charge is 0.477 e. The van der Waals surface area contributed by atoms with E-state index in [9.17, 15) is 4.79 Å². The summed E-state index contributed by atoms with van der Waals surface area (Å²) in [5.74, 6) is 0.163. The fourth-order valence-corrected chi connectivity index (χ4v) is 2.03. The molecule has 0 radical (unpaired) electrons. The highest BCUT2D eigenvalue weighted by atomic mass is 32.1. The summed E-state index contributed by atoms with van der Waals surface area (Å²) >= 11 is 1.12. The topological polar surface area (TPSA) is 70.3 Å². The van der Waals surface area contributed by atoms with Crippen LogP contribution in [-0.2, 0) is 6.42 Å². The molecule has 0 saturated heterocycles. The van der Waals surface area contributed by atoms with Gasteiger partial charge in [-0.3, -0.25) is 0 Å². The van der Waals surface area contributed by atoms with Crippen LogP contribution in [0.4, 0.5) is 0 Å². The van der Waals surface area contributed by atoms with E-state index in [-0.39, 0.29) is 4.88 Å². The number of hydrogen-bond acceptors (Lipinski definition) is 4. The van der Waals surface area contributed by atoms with Crippen LogP contribution in [0.5, 0.6) is 11.5 Å². The third kappa shape index (κ3) is 2.87. The summed E-state index contributed by atoms with van der Waals surface area (Å²) < 4.78 is 5.51. The molecular weight excluding hydrogens is 250 g/mol. The van der Waals surface area contributed by atoms with Gasteiger partial charge in [0.25, 0.3) is 0 Å². The number of benzene rings is 1. The van der Waals surface area contributed by atoms with Crippen molar-refractivity contribution in [1.29, 1.82) is 5.26 Å². The number of carbonyl (C=O) groups is 1. The lowest BCUT2D eigenvalue weighted by atomic mass is 10.2. The van der Waals surface area contributed by atoms with Gasteiger partial charge < -0.3 is 9.84 Å². The van der Waals surface area contributed by atoms with Crippen molar-refractivity contribution in [2.45, 2.75) is 6.42 Å². The Morgan fingerprint density at radius 1 is 1.33 bits per heavy atom. The number of hydrogen-bond donors (Lipinski definition) is 1. The summed E-state index contributed by atoms with van der Waals surface area (Å²) in [5.41, 5.74) is 0.918. The van der Waals surface area contributed by atoms with Gasteiger partial charge in [-0.25, -0.2) is 4.79 Å². The van der Waals surface area contributed by atoms with Crippen molar-refractivity contribution in [2.24, 2.45) is 0 Å². The molecule has 0 aliphatic carbocycles. The van der Waals surface area contributed by atoms with Gasteiger partial charge in [0.15, 0.2) is 0 Å². The second-order valence-corrected chi connectivity index (χ2v) is 4.44. The molecule has 0 bridgehead atoms. The van der Waals surface area contributed by atoms with E-state index < -0.39 is 5.97 Å². The van der Waals surface area contributed by atoms with Crippen LogP contribution < -0.4 is 4.74 Å². The monoisotopic (exact) mass is 259 g/mol. The van der Waals surface area contributed by atoms with Crippen molar-refractivity contribution >= 4 is 17.3 Å². The predicted octanol–water partition coefficient (Wildman–Crippen LogP) is 3.30. The first-order valence-corrected chi connectivity index (χ1v) is 6.02. The van der Waals surface area contributed by atoms with E-state index in [1.165, 1.54) is 6.07 Å². The molecule has 0 amide bonds. The molecule has 0 atom stereocenters. The standard InChI is InChI=1S/C13H9NO3S/c14-6-5-9-1-3-10(4-2-9)17-11-7-12(13(15)16)18-8-11/h1-4,7-8H,5H2,(H,15,16). The average molecular weight is 259 g/mol. The van der Waals surface area contributed by atoms with Crippen molar-refractivity contribution in [2.75, 3.05) is 0 Å². The maximum atomic E-state index is 10.7. The third-order valence-corrected chi connectivity index (χ3v) is 3.12. The lowest BCUT2D eigenvalue weighted by Gasteiger charge is -2.03. The number of ether oxygens (including phenoxy) is 1. The SMILES string of the molecule is N#CCc1ccc(Oc2csc(C(=O)O)c2)cc1. The molecule has 90 valence electrons. The number of carboxylic acid groups (broad SMARTS) is 1. The summed E-state index contributed by atoms with van der Waals surface area (Å²) in [7, 11) is 0. The molecule has 0 unspecified atom stereocenters. The Bertz CT molecular complexity index is 595. The minimum atomic E-state index is -0.959. The number of nitriles is 1. The maximum Gasteiger partial charge on any atom is 0.346 e. The molecule has 0 aliphatic rings. The fourth-order valence-electron chi connectivity index (χ4n) is 1.39. The van der Waals surface area contributed by atoms with E-state index >= 15 is 0 Å². The van der Waals surface area contributed by atoms with E-state index in [4.69, 9.17) is 15.1 Å². The summed E-state index contributed by atoms with van der Waals surface area (Å²) in [5, 5.41) is 19.0. The van der Waals surface area contributed by atoms with Gasteiger partial charge in [0.2, 0.25) is 0 Å². The van der Waals surface area contributed by atoms with E-state index in [0.29, 0.717) is 17.9 Å². The molecule has 18 heavy (non-hydrogen) atoms. The zero-order valence-electron chi connectivity index (χ0n) is 9.29. The normalized spacial score (nSPS) is 9.72. The Kier molecular flexibility index (Phi) is 3.60.